The van der Waals surface area contributed by atoms with E-state index in [1.807, 2.05) is 0 Å². The van der Waals surface area contributed by atoms with Crippen molar-refractivity contribution in [2.75, 3.05) is 5.32 Å². The molecule has 0 unspecified atom stereocenters. The molecule has 1 heterocycles. The SMILES string of the molecule is O=C(Nc1ccncc1Br)c1cc(O)ccc1[N+](=O)[O-]. The average Bonchev–Trinajstić information content (AvgIpc) is 2.40. The molecule has 0 aliphatic carbocycles. The van der Waals surface area contributed by atoms with Crippen molar-refractivity contribution in [1.29, 1.82) is 0 Å². The molecule has 8 heteroatoms. The molecule has 0 radical (unpaired) electrons. The number of pyridine rings is 1. The molecule has 102 valence electrons. The summed E-state index contributed by atoms with van der Waals surface area (Å²) in [5.74, 6) is -0.922. The van der Waals surface area contributed by atoms with Crippen molar-refractivity contribution in [3.63, 3.8) is 0 Å². The van der Waals surface area contributed by atoms with E-state index in [1.165, 1.54) is 18.5 Å². The average molecular weight is 338 g/mol. The summed E-state index contributed by atoms with van der Waals surface area (Å²) in [5.41, 5.74) is -0.188. The van der Waals surface area contributed by atoms with Gasteiger partial charge in [-0.1, -0.05) is 0 Å². The molecule has 0 saturated carbocycles. The number of phenols is 1. The van der Waals surface area contributed by atoms with Crippen LogP contribution in [0.4, 0.5) is 11.4 Å². The number of anilines is 1. The van der Waals surface area contributed by atoms with Crippen LogP contribution in [0, 0.1) is 10.1 Å². The van der Waals surface area contributed by atoms with Crippen LogP contribution in [0.25, 0.3) is 0 Å². The summed E-state index contributed by atoms with van der Waals surface area (Å²) < 4.78 is 0.538. The molecule has 1 aromatic carbocycles. The Labute approximate surface area is 121 Å². The Hall–Kier alpha value is -2.48. The second kappa shape index (κ2) is 5.66. The molecule has 0 fully saturated rings. The summed E-state index contributed by atoms with van der Waals surface area (Å²) in [6.07, 6.45) is 2.95. The number of nitrogens with zero attached hydrogens (tertiary/aromatic N) is 2. The molecule has 20 heavy (non-hydrogen) atoms. The van der Waals surface area contributed by atoms with Crippen molar-refractivity contribution in [3.8, 4) is 5.75 Å². The molecule has 0 aliphatic heterocycles. The van der Waals surface area contributed by atoms with Crippen molar-refractivity contribution >= 4 is 33.2 Å². The van der Waals surface area contributed by atoms with E-state index in [0.717, 1.165) is 18.2 Å². The van der Waals surface area contributed by atoms with Crippen LogP contribution in [0.3, 0.4) is 0 Å². The molecule has 2 aromatic rings. The maximum absolute atomic E-state index is 12.1. The lowest BCUT2D eigenvalue weighted by atomic mass is 10.1. The minimum absolute atomic E-state index is 0.223. The largest absolute Gasteiger partial charge is 0.508 e. The summed E-state index contributed by atoms with van der Waals surface area (Å²) in [4.78, 5) is 26.1. The van der Waals surface area contributed by atoms with Gasteiger partial charge in [0.25, 0.3) is 11.6 Å². The van der Waals surface area contributed by atoms with E-state index in [2.05, 4.69) is 26.2 Å². The summed E-state index contributed by atoms with van der Waals surface area (Å²) >= 11 is 3.20. The highest BCUT2D eigenvalue weighted by atomic mass is 79.9. The van der Waals surface area contributed by atoms with Gasteiger partial charge in [-0.2, -0.15) is 0 Å². The van der Waals surface area contributed by atoms with Crippen LogP contribution in [0.1, 0.15) is 10.4 Å². The van der Waals surface area contributed by atoms with Crippen molar-refractivity contribution in [1.82, 2.24) is 4.98 Å². The van der Waals surface area contributed by atoms with Gasteiger partial charge < -0.3 is 10.4 Å². The maximum atomic E-state index is 12.1. The van der Waals surface area contributed by atoms with Crippen LogP contribution in [0.5, 0.6) is 5.75 Å². The summed E-state index contributed by atoms with van der Waals surface area (Å²) in [6, 6.07) is 4.81. The Bertz CT molecular complexity index is 690. The summed E-state index contributed by atoms with van der Waals surface area (Å²) in [5, 5.41) is 22.8. The number of carbonyl (C=O) groups is 1. The molecule has 0 aliphatic rings. The highest BCUT2D eigenvalue weighted by molar-refractivity contribution is 9.10. The Kier molecular flexibility index (Phi) is 3.94. The molecule has 2 N–H and O–H groups in total. The lowest BCUT2D eigenvalue weighted by Gasteiger charge is -2.07. The van der Waals surface area contributed by atoms with Crippen molar-refractivity contribution in [2.24, 2.45) is 0 Å². The van der Waals surface area contributed by atoms with E-state index in [1.54, 1.807) is 0 Å². The summed E-state index contributed by atoms with van der Waals surface area (Å²) in [6.45, 7) is 0. The van der Waals surface area contributed by atoms with Gasteiger partial charge in [0.05, 0.1) is 15.1 Å². The predicted molar refractivity (Wildman–Crippen MR) is 74.7 cm³/mol. The number of nitrogens with one attached hydrogen (secondary N) is 1. The van der Waals surface area contributed by atoms with Gasteiger partial charge >= 0.3 is 0 Å². The Balaban J connectivity index is 2.37. The number of nitro groups is 1. The van der Waals surface area contributed by atoms with Gasteiger partial charge in [-0.25, -0.2) is 0 Å². The number of phenolic OH excluding ortho intramolecular Hbond substituents is 1. The van der Waals surface area contributed by atoms with Crippen LogP contribution in [0.2, 0.25) is 0 Å². The number of nitro benzene ring substituents is 1. The van der Waals surface area contributed by atoms with Gasteiger partial charge in [0.1, 0.15) is 11.3 Å². The quantitative estimate of drug-likeness (QED) is 0.661. The first-order valence-electron chi connectivity index (χ1n) is 5.37. The second-order valence-electron chi connectivity index (χ2n) is 3.77. The van der Waals surface area contributed by atoms with Crippen LogP contribution < -0.4 is 5.32 Å². The number of benzene rings is 1. The third-order valence-electron chi connectivity index (χ3n) is 2.44. The van der Waals surface area contributed by atoms with Gasteiger partial charge in [0.2, 0.25) is 0 Å². The third-order valence-corrected chi connectivity index (χ3v) is 3.07. The van der Waals surface area contributed by atoms with Crippen molar-refractivity contribution in [2.45, 2.75) is 0 Å². The van der Waals surface area contributed by atoms with E-state index < -0.39 is 10.8 Å². The minimum Gasteiger partial charge on any atom is -0.508 e. The number of halogens is 1. The standard InChI is InChI=1S/C12H8BrN3O4/c13-9-6-14-4-3-10(9)15-12(18)8-5-7(17)1-2-11(8)16(19)20/h1-6,17H,(H,14,15,18). The zero-order chi connectivity index (χ0) is 14.7. The van der Waals surface area contributed by atoms with E-state index in [0.29, 0.717) is 10.2 Å². The smallest absolute Gasteiger partial charge is 0.282 e. The van der Waals surface area contributed by atoms with E-state index in [4.69, 9.17) is 0 Å². The monoisotopic (exact) mass is 337 g/mol. The van der Waals surface area contributed by atoms with E-state index in [-0.39, 0.29) is 17.0 Å². The number of hydrogen-bond acceptors (Lipinski definition) is 5. The predicted octanol–water partition coefficient (Wildman–Crippen LogP) is 2.71. The molecular formula is C12H8BrN3O4. The van der Waals surface area contributed by atoms with Gasteiger partial charge in [0.15, 0.2) is 0 Å². The lowest BCUT2D eigenvalue weighted by molar-refractivity contribution is -0.385. The van der Waals surface area contributed by atoms with E-state index >= 15 is 0 Å². The van der Waals surface area contributed by atoms with Crippen LogP contribution in [-0.2, 0) is 0 Å². The first-order valence-corrected chi connectivity index (χ1v) is 6.16. The van der Waals surface area contributed by atoms with Crippen molar-refractivity contribution in [3.05, 3.63) is 56.8 Å². The molecule has 0 saturated heterocycles. The molecule has 1 amide bonds. The zero-order valence-corrected chi connectivity index (χ0v) is 11.5. The molecule has 7 nitrogen and oxygen atoms in total. The minimum atomic E-state index is -0.695. The number of aromatic hydroxyl groups is 1. The van der Waals surface area contributed by atoms with Gasteiger partial charge in [-0.3, -0.25) is 19.9 Å². The molecule has 1 aromatic heterocycles. The molecular weight excluding hydrogens is 330 g/mol. The zero-order valence-electron chi connectivity index (χ0n) is 9.91. The second-order valence-corrected chi connectivity index (χ2v) is 4.62. The molecule has 0 atom stereocenters. The lowest BCUT2D eigenvalue weighted by Crippen LogP contribution is -2.14. The van der Waals surface area contributed by atoms with Gasteiger partial charge in [0, 0.05) is 18.5 Å². The van der Waals surface area contributed by atoms with Crippen molar-refractivity contribution < 1.29 is 14.8 Å². The highest BCUT2D eigenvalue weighted by Crippen LogP contribution is 2.26. The van der Waals surface area contributed by atoms with Crippen LogP contribution in [0.15, 0.2) is 41.1 Å². The number of hydrogen-bond donors (Lipinski definition) is 2. The highest BCUT2D eigenvalue weighted by Gasteiger charge is 2.21. The van der Waals surface area contributed by atoms with Gasteiger partial charge in [-0.05, 0) is 34.1 Å². The van der Waals surface area contributed by atoms with E-state index in [9.17, 15) is 20.0 Å². The Morgan fingerprint density at radius 2 is 2.15 bits per heavy atom. The first-order chi connectivity index (χ1) is 9.49. The fourth-order valence-electron chi connectivity index (χ4n) is 1.53. The van der Waals surface area contributed by atoms with Gasteiger partial charge in [-0.15, -0.1) is 0 Å². The number of carbonyl (C=O) groups excluding carboxylic acids is 1. The van der Waals surface area contributed by atoms with Crippen LogP contribution >= 0.6 is 15.9 Å². The summed E-state index contributed by atoms with van der Waals surface area (Å²) in [7, 11) is 0. The number of amides is 1. The molecule has 0 bridgehead atoms. The maximum Gasteiger partial charge on any atom is 0.282 e. The number of rotatable bonds is 3. The topological polar surface area (TPSA) is 105 Å². The molecule has 2 rings (SSSR count). The fraction of sp³-hybridized carbons (Fsp3) is 0. The normalized spacial score (nSPS) is 10.1. The number of aromatic nitrogens is 1. The third kappa shape index (κ3) is 2.91. The Morgan fingerprint density at radius 1 is 1.40 bits per heavy atom. The fourth-order valence-corrected chi connectivity index (χ4v) is 1.88. The van der Waals surface area contributed by atoms with Crippen LogP contribution in [-0.4, -0.2) is 20.9 Å². The first kappa shape index (κ1) is 13.9. The Morgan fingerprint density at radius 3 is 2.80 bits per heavy atom. The molecule has 0 spiro atoms.